The van der Waals surface area contributed by atoms with Crippen molar-refractivity contribution < 1.29 is 41.9 Å². The number of fused-ring (bicyclic) bond motifs is 1. The van der Waals surface area contributed by atoms with Crippen LogP contribution in [0.15, 0.2) is 18.6 Å². The number of halogens is 3. The van der Waals surface area contributed by atoms with Crippen LogP contribution < -0.4 is 21.3 Å². The van der Waals surface area contributed by atoms with Crippen molar-refractivity contribution in [2.24, 2.45) is 23.7 Å². The molecule has 3 aliphatic rings. The van der Waals surface area contributed by atoms with Crippen LogP contribution in [-0.4, -0.2) is 99.5 Å². The lowest BCUT2D eigenvalue weighted by Gasteiger charge is -2.33. The SMILES string of the molecule is CC(C)[C@H](NC(=O)[C@H](NC(=O)c1cnccn1)C(C)C)C(=O)N1C[C@H]2[C@H](CC[C@@H]2F)C1C(=O)NC(CC(F)F)C(=O)C(=O)NC1CC1. The van der Waals surface area contributed by atoms with E-state index in [0.29, 0.717) is 12.8 Å². The fraction of sp³-hybridized carbons (Fsp3) is 0.677. The lowest BCUT2D eigenvalue weighted by atomic mass is 9.92. The van der Waals surface area contributed by atoms with Crippen molar-refractivity contribution in [1.29, 1.82) is 0 Å². The first kappa shape index (κ1) is 35.7. The summed E-state index contributed by atoms with van der Waals surface area (Å²) in [6.45, 7) is 6.53. The van der Waals surface area contributed by atoms with E-state index in [1.807, 2.05) is 0 Å². The molecular weight excluding hydrogens is 623 g/mol. The van der Waals surface area contributed by atoms with Crippen LogP contribution in [0.2, 0.25) is 0 Å². The Morgan fingerprint density at radius 3 is 2.15 bits per heavy atom. The van der Waals surface area contributed by atoms with Crippen molar-refractivity contribution in [3.8, 4) is 0 Å². The van der Waals surface area contributed by atoms with Crippen LogP contribution in [0, 0.1) is 23.7 Å². The van der Waals surface area contributed by atoms with Crippen LogP contribution in [0.4, 0.5) is 13.2 Å². The van der Waals surface area contributed by atoms with Gasteiger partial charge in [-0.1, -0.05) is 27.7 Å². The number of carbonyl (C=O) groups is 6. The summed E-state index contributed by atoms with van der Waals surface area (Å²) in [5, 5.41) is 9.98. The molecule has 1 saturated heterocycles. The second-order valence-corrected chi connectivity index (χ2v) is 13.2. The van der Waals surface area contributed by atoms with Crippen LogP contribution >= 0.6 is 0 Å². The number of ketones is 1. The quantitative estimate of drug-likeness (QED) is 0.212. The highest BCUT2D eigenvalue weighted by Crippen LogP contribution is 2.44. The number of hydrogen-bond donors (Lipinski definition) is 4. The standard InChI is InChI=1S/C31H42F3N7O6/c1-14(2)23(39-27(43)21-12-35-9-10-36-21)28(44)40-24(15(3)4)31(47)41-13-18-17(7-8-19(18)32)25(41)29(45)38-20(11-22(33)34)26(42)30(46)37-16-5-6-16/h9-10,12,14-20,22-25H,5-8,11,13H2,1-4H3,(H,37,46)(H,38,45)(H,39,43)(H,40,44)/t17-,18-,19-,20?,23+,24-,25?/m0/s1. The Labute approximate surface area is 270 Å². The van der Waals surface area contributed by atoms with Gasteiger partial charge in [0.2, 0.25) is 29.9 Å². The van der Waals surface area contributed by atoms with E-state index in [4.69, 9.17) is 0 Å². The van der Waals surface area contributed by atoms with Crippen molar-refractivity contribution >= 4 is 35.3 Å². The lowest BCUT2D eigenvalue weighted by Crippen LogP contribution is -2.60. The molecule has 47 heavy (non-hydrogen) atoms. The van der Waals surface area contributed by atoms with Gasteiger partial charge >= 0.3 is 0 Å². The molecule has 1 aromatic rings. The molecule has 2 unspecified atom stereocenters. The highest BCUT2D eigenvalue weighted by Gasteiger charge is 2.55. The summed E-state index contributed by atoms with van der Waals surface area (Å²) in [7, 11) is 0. The first-order valence-corrected chi connectivity index (χ1v) is 15.9. The van der Waals surface area contributed by atoms with Crippen molar-refractivity contribution in [2.45, 2.75) is 103 Å². The van der Waals surface area contributed by atoms with Crippen LogP contribution in [0.5, 0.6) is 0 Å². The van der Waals surface area contributed by atoms with Crippen LogP contribution in [-0.2, 0) is 24.0 Å². The highest BCUT2D eigenvalue weighted by molar-refractivity contribution is 6.38. The van der Waals surface area contributed by atoms with E-state index < -0.39 is 102 Å². The molecule has 1 aromatic heterocycles. The molecular formula is C31H42F3N7O6. The third-order valence-corrected chi connectivity index (χ3v) is 8.94. The zero-order valence-corrected chi connectivity index (χ0v) is 26.8. The first-order chi connectivity index (χ1) is 22.2. The first-order valence-electron chi connectivity index (χ1n) is 15.9. The Morgan fingerprint density at radius 2 is 1.57 bits per heavy atom. The van der Waals surface area contributed by atoms with E-state index in [-0.39, 0.29) is 31.1 Å². The lowest BCUT2D eigenvalue weighted by molar-refractivity contribution is -0.145. The molecule has 13 nitrogen and oxygen atoms in total. The molecule has 2 aliphatic carbocycles. The van der Waals surface area contributed by atoms with E-state index in [2.05, 4.69) is 31.2 Å². The average Bonchev–Trinajstić information content (AvgIpc) is 3.64. The molecule has 2 heterocycles. The third kappa shape index (κ3) is 8.63. The van der Waals surface area contributed by atoms with Gasteiger partial charge in [-0.3, -0.25) is 33.8 Å². The molecule has 0 radical (unpaired) electrons. The minimum atomic E-state index is -3.03. The topological polar surface area (TPSA) is 180 Å². The Hall–Kier alpha value is -4.11. The van der Waals surface area contributed by atoms with Gasteiger partial charge in [0.15, 0.2) is 0 Å². The largest absolute Gasteiger partial charge is 0.347 e. The summed E-state index contributed by atoms with van der Waals surface area (Å²) in [5.41, 5.74) is -0.0191. The predicted molar refractivity (Wildman–Crippen MR) is 160 cm³/mol. The minimum absolute atomic E-state index is 0.0191. The molecule has 0 bridgehead atoms. The fourth-order valence-corrected chi connectivity index (χ4v) is 6.24. The van der Waals surface area contributed by atoms with Gasteiger partial charge in [-0.25, -0.2) is 18.2 Å². The van der Waals surface area contributed by atoms with Crippen molar-refractivity contribution in [3.63, 3.8) is 0 Å². The third-order valence-electron chi connectivity index (χ3n) is 8.94. The Morgan fingerprint density at radius 1 is 0.894 bits per heavy atom. The number of alkyl halides is 3. The van der Waals surface area contributed by atoms with Crippen molar-refractivity contribution in [2.75, 3.05) is 6.54 Å². The zero-order valence-electron chi connectivity index (χ0n) is 26.8. The number of hydrogen-bond acceptors (Lipinski definition) is 8. The van der Waals surface area contributed by atoms with Gasteiger partial charge in [-0.15, -0.1) is 0 Å². The zero-order chi connectivity index (χ0) is 34.6. The predicted octanol–water partition coefficient (Wildman–Crippen LogP) is 0.935. The summed E-state index contributed by atoms with van der Waals surface area (Å²) in [6.07, 6.45) is 0.123. The monoisotopic (exact) mass is 665 g/mol. The molecule has 0 spiro atoms. The van der Waals surface area contributed by atoms with E-state index in [1.165, 1.54) is 18.6 Å². The van der Waals surface area contributed by atoms with Gasteiger partial charge in [-0.2, -0.15) is 0 Å². The van der Waals surface area contributed by atoms with E-state index in [9.17, 15) is 41.9 Å². The highest BCUT2D eigenvalue weighted by atomic mass is 19.3. The van der Waals surface area contributed by atoms with Crippen molar-refractivity contribution in [1.82, 2.24) is 36.1 Å². The summed E-state index contributed by atoms with van der Waals surface area (Å²) >= 11 is 0. The molecule has 0 aromatic carbocycles. The maximum absolute atomic E-state index is 15.0. The molecule has 2 saturated carbocycles. The molecule has 258 valence electrons. The number of amides is 5. The number of carbonyl (C=O) groups excluding carboxylic acids is 6. The molecule has 3 fully saturated rings. The van der Waals surface area contributed by atoms with E-state index >= 15 is 0 Å². The molecule has 4 rings (SSSR count). The van der Waals surface area contributed by atoms with Gasteiger partial charge in [0.1, 0.15) is 36.0 Å². The average molecular weight is 666 g/mol. The number of rotatable bonds is 14. The maximum Gasteiger partial charge on any atom is 0.289 e. The van der Waals surface area contributed by atoms with E-state index in [0.717, 1.165) is 4.90 Å². The normalized spacial score (nSPS) is 24.0. The van der Waals surface area contributed by atoms with Gasteiger partial charge in [0.05, 0.1) is 6.20 Å². The number of nitrogens with one attached hydrogen (secondary N) is 4. The van der Waals surface area contributed by atoms with Crippen molar-refractivity contribution in [3.05, 3.63) is 24.3 Å². The summed E-state index contributed by atoms with van der Waals surface area (Å²) in [5.74, 6) is -7.67. The number of likely N-dealkylation sites (tertiary alicyclic amines) is 1. The number of aromatic nitrogens is 2. The minimum Gasteiger partial charge on any atom is -0.347 e. The molecule has 1 aliphatic heterocycles. The van der Waals surface area contributed by atoms with Gasteiger partial charge in [0, 0.05) is 37.3 Å². The summed E-state index contributed by atoms with van der Waals surface area (Å²) < 4.78 is 41.9. The molecule has 16 heteroatoms. The Kier molecular flexibility index (Phi) is 11.6. The van der Waals surface area contributed by atoms with Crippen LogP contribution in [0.1, 0.15) is 70.3 Å². The smallest absolute Gasteiger partial charge is 0.289 e. The maximum atomic E-state index is 15.0. The van der Waals surface area contributed by atoms with Crippen LogP contribution in [0.25, 0.3) is 0 Å². The Balaban J connectivity index is 1.54. The van der Waals surface area contributed by atoms with Gasteiger partial charge in [0.25, 0.3) is 11.8 Å². The summed E-state index contributed by atoms with van der Waals surface area (Å²) in [6, 6.07) is -5.72. The molecule has 4 N–H and O–H groups in total. The number of nitrogens with zero attached hydrogens (tertiary/aromatic N) is 3. The van der Waals surface area contributed by atoms with Gasteiger partial charge < -0.3 is 26.2 Å². The van der Waals surface area contributed by atoms with Gasteiger partial charge in [-0.05, 0) is 43.4 Å². The molecule has 7 atom stereocenters. The molecule has 5 amide bonds. The van der Waals surface area contributed by atoms with Crippen LogP contribution in [0.3, 0.4) is 0 Å². The second kappa shape index (κ2) is 15.2. The fourth-order valence-electron chi connectivity index (χ4n) is 6.24. The number of Topliss-reactive ketones (excluding diaryl/α,β-unsaturated/α-hetero) is 1. The Bertz CT molecular complexity index is 1350. The second-order valence-electron chi connectivity index (χ2n) is 13.2. The summed E-state index contributed by atoms with van der Waals surface area (Å²) in [4.78, 5) is 88.2. The van der Waals surface area contributed by atoms with E-state index in [1.54, 1.807) is 27.7 Å².